The maximum atomic E-state index is 6.32. The number of alkyl halides is 1. The molecule has 0 aliphatic carbocycles. The normalized spacial score (nSPS) is 13.1. The van der Waals surface area contributed by atoms with E-state index in [1.807, 2.05) is 6.07 Å². The van der Waals surface area contributed by atoms with E-state index in [0.29, 0.717) is 0 Å². The predicted molar refractivity (Wildman–Crippen MR) is 68.3 cm³/mol. The highest BCUT2D eigenvalue weighted by Gasteiger charge is 2.06. The zero-order chi connectivity index (χ0) is 11.1. The van der Waals surface area contributed by atoms with Gasteiger partial charge in [-0.2, -0.15) is 0 Å². The zero-order valence-corrected chi connectivity index (χ0v) is 10.5. The zero-order valence-electron chi connectivity index (χ0n) is 9.75. The summed E-state index contributed by atoms with van der Waals surface area (Å²) in [4.78, 5) is 0. The molecule has 1 aromatic rings. The van der Waals surface area contributed by atoms with Gasteiger partial charge in [-0.05, 0) is 17.9 Å². The van der Waals surface area contributed by atoms with Crippen LogP contribution in [0, 0.1) is 5.92 Å². The fourth-order valence-electron chi connectivity index (χ4n) is 1.70. The first-order chi connectivity index (χ1) is 7.20. The molecule has 15 heavy (non-hydrogen) atoms. The Hall–Kier alpha value is -0.490. The van der Waals surface area contributed by atoms with Gasteiger partial charge in [0.25, 0.3) is 0 Å². The molecule has 0 saturated heterocycles. The Morgan fingerprint density at radius 3 is 2.20 bits per heavy atom. The van der Waals surface area contributed by atoms with Gasteiger partial charge in [0.15, 0.2) is 0 Å². The van der Waals surface area contributed by atoms with Crippen LogP contribution in [0.25, 0.3) is 0 Å². The van der Waals surface area contributed by atoms with Crippen molar-refractivity contribution >= 4 is 11.6 Å². The van der Waals surface area contributed by atoms with Crippen molar-refractivity contribution in [3.63, 3.8) is 0 Å². The molecule has 1 rings (SSSR count). The van der Waals surface area contributed by atoms with Gasteiger partial charge in [-0.3, -0.25) is 0 Å². The van der Waals surface area contributed by atoms with Crippen LogP contribution in [0.3, 0.4) is 0 Å². The number of halogens is 1. The summed E-state index contributed by atoms with van der Waals surface area (Å²) >= 11 is 6.32. The van der Waals surface area contributed by atoms with Crippen LogP contribution in [-0.4, -0.2) is 0 Å². The molecule has 0 bridgehead atoms. The lowest BCUT2D eigenvalue weighted by Gasteiger charge is -2.10. The lowest BCUT2D eigenvalue weighted by atomic mass is 10.0. The van der Waals surface area contributed by atoms with E-state index in [4.69, 9.17) is 11.6 Å². The van der Waals surface area contributed by atoms with Gasteiger partial charge in [0.1, 0.15) is 0 Å². The summed E-state index contributed by atoms with van der Waals surface area (Å²) < 4.78 is 0. The van der Waals surface area contributed by atoms with E-state index in [9.17, 15) is 0 Å². The molecule has 0 fully saturated rings. The molecule has 1 atom stereocenters. The van der Waals surface area contributed by atoms with Crippen LogP contribution in [0.4, 0.5) is 0 Å². The van der Waals surface area contributed by atoms with Gasteiger partial charge in [0.05, 0.1) is 5.38 Å². The van der Waals surface area contributed by atoms with Crippen molar-refractivity contribution in [2.75, 3.05) is 0 Å². The standard InChI is InChI=1S/C14H21Cl/c1-12(2)8-6-7-11-14(15)13-9-4-3-5-10-13/h3-5,9-10,12,14H,6-8,11H2,1-2H3. The Morgan fingerprint density at radius 2 is 1.60 bits per heavy atom. The first kappa shape index (κ1) is 12.6. The van der Waals surface area contributed by atoms with Crippen molar-refractivity contribution in [1.82, 2.24) is 0 Å². The molecular weight excluding hydrogens is 204 g/mol. The molecule has 0 aliphatic heterocycles. The largest absolute Gasteiger partial charge is 0.118 e. The SMILES string of the molecule is CC(C)CCCCC(Cl)c1ccccc1. The second kappa shape index (κ2) is 6.90. The topological polar surface area (TPSA) is 0 Å². The van der Waals surface area contributed by atoms with E-state index in [1.54, 1.807) is 0 Å². The quantitative estimate of drug-likeness (QED) is 0.461. The van der Waals surface area contributed by atoms with Crippen LogP contribution in [-0.2, 0) is 0 Å². The van der Waals surface area contributed by atoms with Crippen LogP contribution < -0.4 is 0 Å². The van der Waals surface area contributed by atoms with Gasteiger partial charge < -0.3 is 0 Å². The molecule has 1 aromatic carbocycles. The molecule has 0 heterocycles. The Bertz CT molecular complexity index is 253. The summed E-state index contributed by atoms with van der Waals surface area (Å²) in [5.41, 5.74) is 1.25. The van der Waals surface area contributed by atoms with E-state index in [-0.39, 0.29) is 5.38 Å². The second-order valence-corrected chi connectivity index (χ2v) is 5.08. The first-order valence-electron chi connectivity index (χ1n) is 5.89. The lowest BCUT2D eigenvalue weighted by molar-refractivity contribution is 0.524. The minimum absolute atomic E-state index is 0.193. The van der Waals surface area contributed by atoms with Crippen LogP contribution in [0.15, 0.2) is 30.3 Å². The van der Waals surface area contributed by atoms with Crippen LogP contribution in [0.2, 0.25) is 0 Å². The number of benzene rings is 1. The molecule has 0 spiro atoms. The molecule has 1 unspecified atom stereocenters. The molecular formula is C14H21Cl. The summed E-state index contributed by atoms with van der Waals surface area (Å²) in [6.07, 6.45) is 4.95. The molecule has 0 nitrogen and oxygen atoms in total. The molecule has 0 aromatic heterocycles. The lowest BCUT2D eigenvalue weighted by Crippen LogP contribution is -1.92. The fraction of sp³-hybridized carbons (Fsp3) is 0.571. The highest BCUT2D eigenvalue weighted by molar-refractivity contribution is 6.20. The van der Waals surface area contributed by atoms with E-state index in [2.05, 4.69) is 38.1 Å². The summed E-state index contributed by atoms with van der Waals surface area (Å²) in [5.74, 6) is 0.815. The number of hydrogen-bond donors (Lipinski definition) is 0. The summed E-state index contributed by atoms with van der Waals surface area (Å²) in [6.45, 7) is 4.55. The van der Waals surface area contributed by atoms with E-state index < -0.39 is 0 Å². The first-order valence-corrected chi connectivity index (χ1v) is 6.33. The van der Waals surface area contributed by atoms with Gasteiger partial charge in [-0.25, -0.2) is 0 Å². The highest BCUT2D eigenvalue weighted by atomic mass is 35.5. The van der Waals surface area contributed by atoms with Gasteiger partial charge >= 0.3 is 0 Å². The smallest absolute Gasteiger partial charge is 0.0585 e. The van der Waals surface area contributed by atoms with Crippen molar-refractivity contribution < 1.29 is 0 Å². The highest BCUT2D eigenvalue weighted by Crippen LogP contribution is 2.26. The van der Waals surface area contributed by atoms with Gasteiger partial charge in [-0.1, -0.05) is 63.4 Å². The van der Waals surface area contributed by atoms with Gasteiger partial charge in [0.2, 0.25) is 0 Å². The Kier molecular flexibility index (Phi) is 5.78. The summed E-state index contributed by atoms with van der Waals surface area (Å²) in [6, 6.07) is 10.4. The molecule has 0 aliphatic rings. The average Bonchev–Trinajstić information content (AvgIpc) is 2.25. The Balaban J connectivity index is 2.22. The van der Waals surface area contributed by atoms with Crippen molar-refractivity contribution in [3.8, 4) is 0 Å². The molecule has 1 heteroatoms. The van der Waals surface area contributed by atoms with Gasteiger partial charge in [-0.15, -0.1) is 11.6 Å². The third-order valence-corrected chi connectivity index (χ3v) is 3.12. The Labute approximate surface area is 98.7 Å². The van der Waals surface area contributed by atoms with E-state index in [0.717, 1.165) is 12.3 Å². The van der Waals surface area contributed by atoms with Crippen LogP contribution in [0.5, 0.6) is 0 Å². The molecule has 0 amide bonds. The second-order valence-electron chi connectivity index (χ2n) is 4.56. The number of rotatable bonds is 6. The van der Waals surface area contributed by atoms with Gasteiger partial charge in [0, 0.05) is 0 Å². The predicted octanol–water partition coefficient (Wildman–Crippen LogP) is 5.18. The summed E-state index contributed by atoms with van der Waals surface area (Å²) in [7, 11) is 0. The van der Waals surface area contributed by atoms with Crippen molar-refractivity contribution in [2.45, 2.75) is 44.9 Å². The maximum absolute atomic E-state index is 6.32. The number of hydrogen-bond acceptors (Lipinski definition) is 0. The van der Waals surface area contributed by atoms with Crippen LogP contribution in [0.1, 0.15) is 50.5 Å². The minimum atomic E-state index is 0.193. The minimum Gasteiger partial charge on any atom is -0.118 e. The number of unbranched alkanes of at least 4 members (excludes halogenated alkanes) is 1. The monoisotopic (exact) mass is 224 g/mol. The Morgan fingerprint density at radius 1 is 1.00 bits per heavy atom. The third-order valence-electron chi connectivity index (χ3n) is 2.65. The maximum Gasteiger partial charge on any atom is 0.0585 e. The third kappa shape index (κ3) is 5.22. The summed E-state index contributed by atoms with van der Waals surface area (Å²) in [5, 5.41) is 0.193. The van der Waals surface area contributed by atoms with Crippen molar-refractivity contribution in [3.05, 3.63) is 35.9 Å². The molecule has 84 valence electrons. The van der Waals surface area contributed by atoms with Crippen LogP contribution >= 0.6 is 11.6 Å². The van der Waals surface area contributed by atoms with E-state index >= 15 is 0 Å². The van der Waals surface area contributed by atoms with Crippen molar-refractivity contribution in [1.29, 1.82) is 0 Å². The molecule has 0 radical (unpaired) electrons. The molecule has 0 N–H and O–H groups in total. The fourth-order valence-corrected chi connectivity index (χ4v) is 2.00. The van der Waals surface area contributed by atoms with Crippen molar-refractivity contribution in [2.24, 2.45) is 5.92 Å². The van der Waals surface area contributed by atoms with E-state index in [1.165, 1.54) is 24.8 Å². The molecule has 0 saturated carbocycles. The average molecular weight is 225 g/mol.